The van der Waals surface area contributed by atoms with E-state index in [-0.39, 0.29) is 29.4 Å². The number of hydrogen-bond donors (Lipinski definition) is 2. The van der Waals surface area contributed by atoms with Gasteiger partial charge in [-0.2, -0.15) is 0 Å². The molecule has 1 aliphatic heterocycles. The third-order valence-corrected chi connectivity index (χ3v) is 5.25. The molecule has 1 heterocycles. The Morgan fingerprint density at radius 2 is 1.74 bits per heavy atom. The Labute approximate surface area is 186 Å². The van der Waals surface area contributed by atoms with Crippen molar-refractivity contribution in [3.8, 4) is 0 Å². The van der Waals surface area contributed by atoms with Crippen LogP contribution < -0.4 is 10.6 Å². The number of aliphatic imine (C=N–C) groups is 1. The van der Waals surface area contributed by atoms with Crippen molar-refractivity contribution in [3.05, 3.63) is 0 Å². The lowest BCUT2D eigenvalue weighted by molar-refractivity contribution is 0.139. The molecule has 0 saturated carbocycles. The molecule has 0 aromatic heterocycles. The Morgan fingerprint density at radius 3 is 2.33 bits per heavy atom. The van der Waals surface area contributed by atoms with Gasteiger partial charge in [-0.3, -0.25) is 4.99 Å². The van der Waals surface area contributed by atoms with Gasteiger partial charge >= 0.3 is 0 Å². The topological polar surface area (TPSA) is 42.9 Å². The molecule has 27 heavy (non-hydrogen) atoms. The summed E-state index contributed by atoms with van der Waals surface area (Å²) in [7, 11) is 2.21. The number of nitrogens with one attached hydrogen (secondary N) is 2. The van der Waals surface area contributed by atoms with Crippen LogP contribution in [-0.4, -0.2) is 75.2 Å². The predicted molar refractivity (Wildman–Crippen MR) is 130 cm³/mol. The molecule has 6 heteroatoms. The Hall–Kier alpha value is -0.0800. The van der Waals surface area contributed by atoms with E-state index in [0.29, 0.717) is 5.92 Å². The van der Waals surface area contributed by atoms with Crippen LogP contribution in [0.15, 0.2) is 4.99 Å². The monoisotopic (exact) mass is 495 g/mol. The third-order valence-electron chi connectivity index (χ3n) is 5.25. The second kappa shape index (κ2) is 14.9. The highest BCUT2D eigenvalue weighted by atomic mass is 127. The number of piperazine rings is 1. The second-order valence-corrected chi connectivity index (χ2v) is 8.91. The zero-order valence-electron chi connectivity index (χ0n) is 18.8. The van der Waals surface area contributed by atoms with Crippen LogP contribution in [0.2, 0.25) is 0 Å². The van der Waals surface area contributed by atoms with E-state index in [2.05, 4.69) is 62.1 Å². The molecule has 0 bridgehead atoms. The number of guanidine groups is 1. The summed E-state index contributed by atoms with van der Waals surface area (Å²) >= 11 is 0. The lowest BCUT2D eigenvalue weighted by atomic mass is 9.87. The molecule has 162 valence electrons. The second-order valence-electron chi connectivity index (χ2n) is 8.91. The Balaban J connectivity index is 0.00000676. The van der Waals surface area contributed by atoms with Crippen LogP contribution in [0.3, 0.4) is 0 Å². The summed E-state index contributed by atoms with van der Waals surface area (Å²) in [4.78, 5) is 9.87. The fourth-order valence-corrected chi connectivity index (χ4v) is 3.37. The fourth-order valence-electron chi connectivity index (χ4n) is 3.37. The number of rotatable bonds is 11. The Morgan fingerprint density at radius 1 is 1.07 bits per heavy atom. The molecule has 0 aliphatic carbocycles. The van der Waals surface area contributed by atoms with Gasteiger partial charge in [-0.15, -0.1) is 24.0 Å². The summed E-state index contributed by atoms with van der Waals surface area (Å²) in [6.07, 6.45) is 5.18. The van der Waals surface area contributed by atoms with Gasteiger partial charge in [-0.05, 0) is 31.7 Å². The van der Waals surface area contributed by atoms with E-state index in [0.717, 1.165) is 25.6 Å². The molecule has 0 amide bonds. The normalized spacial score (nSPS) is 18.1. The van der Waals surface area contributed by atoms with Gasteiger partial charge in [-0.25, -0.2) is 0 Å². The molecule has 1 saturated heterocycles. The standard InChI is InChI=1S/C21H45N5.HI/c1-7-9-10-11-21(4,5)18-24-20(22-8-2)23-16-19(3)17-26-14-12-25(6)13-15-26;/h19H,7-18H2,1-6H3,(H2,22,23,24);1H. The first-order valence-corrected chi connectivity index (χ1v) is 10.8. The number of nitrogens with zero attached hydrogens (tertiary/aromatic N) is 3. The highest BCUT2D eigenvalue weighted by Gasteiger charge is 2.18. The highest BCUT2D eigenvalue weighted by Crippen LogP contribution is 2.23. The molecule has 0 aromatic rings. The molecule has 2 N–H and O–H groups in total. The summed E-state index contributed by atoms with van der Waals surface area (Å²) in [5.41, 5.74) is 0.281. The Bertz CT molecular complexity index is 392. The summed E-state index contributed by atoms with van der Waals surface area (Å²) in [6.45, 7) is 20.1. The zero-order valence-corrected chi connectivity index (χ0v) is 21.1. The van der Waals surface area contributed by atoms with Crippen molar-refractivity contribution in [1.82, 2.24) is 20.4 Å². The van der Waals surface area contributed by atoms with Crippen molar-refractivity contribution in [2.45, 2.75) is 60.3 Å². The number of hydrogen-bond acceptors (Lipinski definition) is 3. The van der Waals surface area contributed by atoms with E-state index >= 15 is 0 Å². The van der Waals surface area contributed by atoms with Crippen molar-refractivity contribution in [1.29, 1.82) is 0 Å². The smallest absolute Gasteiger partial charge is 0.191 e. The fraction of sp³-hybridized carbons (Fsp3) is 0.952. The largest absolute Gasteiger partial charge is 0.357 e. The molecule has 1 unspecified atom stereocenters. The van der Waals surface area contributed by atoms with E-state index in [1.807, 2.05) is 0 Å². The minimum Gasteiger partial charge on any atom is -0.357 e. The molecule has 1 rings (SSSR count). The third kappa shape index (κ3) is 12.9. The number of unbranched alkanes of at least 4 members (excludes halogenated alkanes) is 2. The average molecular weight is 496 g/mol. The quantitative estimate of drug-likeness (QED) is 0.199. The first-order chi connectivity index (χ1) is 12.4. The van der Waals surface area contributed by atoms with Gasteiger partial charge in [0.15, 0.2) is 5.96 Å². The van der Waals surface area contributed by atoms with E-state index in [4.69, 9.17) is 4.99 Å². The van der Waals surface area contributed by atoms with Crippen molar-refractivity contribution < 1.29 is 0 Å². The van der Waals surface area contributed by atoms with Gasteiger partial charge in [0, 0.05) is 52.4 Å². The molecule has 0 radical (unpaired) electrons. The van der Waals surface area contributed by atoms with Gasteiger partial charge in [0.05, 0.1) is 0 Å². The van der Waals surface area contributed by atoms with E-state index in [1.54, 1.807) is 0 Å². The summed E-state index contributed by atoms with van der Waals surface area (Å²) in [5, 5.41) is 6.97. The number of halogens is 1. The van der Waals surface area contributed by atoms with Crippen molar-refractivity contribution >= 4 is 29.9 Å². The average Bonchev–Trinajstić information content (AvgIpc) is 2.59. The lowest BCUT2D eigenvalue weighted by Crippen LogP contribution is -2.47. The van der Waals surface area contributed by atoms with Crippen LogP contribution in [-0.2, 0) is 0 Å². The van der Waals surface area contributed by atoms with Gasteiger partial charge in [-0.1, -0.05) is 47.0 Å². The first-order valence-electron chi connectivity index (χ1n) is 10.8. The van der Waals surface area contributed by atoms with Crippen LogP contribution in [0.25, 0.3) is 0 Å². The molecular weight excluding hydrogens is 449 g/mol. The minimum atomic E-state index is 0. The Kier molecular flexibility index (Phi) is 14.8. The maximum absolute atomic E-state index is 4.87. The number of likely N-dealkylation sites (N-methyl/N-ethyl adjacent to an activating group) is 1. The van der Waals surface area contributed by atoms with Crippen LogP contribution in [0, 0.1) is 11.3 Å². The molecule has 0 aromatic carbocycles. The SMILES string of the molecule is CCCCCC(C)(C)CN=C(NCC)NCC(C)CN1CCN(C)CC1.I. The van der Waals surface area contributed by atoms with Crippen LogP contribution >= 0.6 is 24.0 Å². The maximum atomic E-state index is 4.87. The molecule has 0 spiro atoms. The van der Waals surface area contributed by atoms with Gasteiger partial charge < -0.3 is 20.4 Å². The van der Waals surface area contributed by atoms with Gasteiger partial charge in [0.1, 0.15) is 0 Å². The van der Waals surface area contributed by atoms with Crippen molar-refractivity contribution in [2.75, 3.05) is 59.4 Å². The van der Waals surface area contributed by atoms with Crippen LogP contribution in [0.1, 0.15) is 60.3 Å². The molecular formula is C21H46IN5. The lowest BCUT2D eigenvalue weighted by Gasteiger charge is -2.34. The first kappa shape index (κ1) is 26.9. The zero-order chi connectivity index (χ0) is 19.4. The van der Waals surface area contributed by atoms with E-state index < -0.39 is 0 Å². The minimum absolute atomic E-state index is 0. The highest BCUT2D eigenvalue weighted by molar-refractivity contribution is 14.0. The van der Waals surface area contributed by atoms with Crippen LogP contribution in [0.4, 0.5) is 0 Å². The van der Waals surface area contributed by atoms with E-state index in [1.165, 1.54) is 58.4 Å². The molecule has 1 aliphatic rings. The van der Waals surface area contributed by atoms with Crippen LogP contribution in [0.5, 0.6) is 0 Å². The summed E-state index contributed by atoms with van der Waals surface area (Å²) in [6, 6.07) is 0. The maximum Gasteiger partial charge on any atom is 0.191 e. The summed E-state index contributed by atoms with van der Waals surface area (Å²) < 4.78 is 0. The molecule has 1 atom stereocenters. The van der Waals surface area contributed by atoms with Gasteiger partial charge in [0.2, 0.25) is 0 Å². The van der Waals surface area contributed by atoms with Gasteiger partial charge in [0.25, 0.3) is 0 Å². The van der Waals surface area contributed by atoms with E-state index in [9.17, 15) is 0 Å². The van der Waals surface area contributed by atoms with Crippen molar-refractivity contribution in [2.24, 2.45) is 16.3 Å². The molecule has 1 fully saturated rings. The predicted octanol–water partition coefficient (Wildman–Crippen LogP) is 3.65. The molecule has 5 nitrogen and oxygen atoms in total. The van der Waals surface area contributed by atoms with Crippen molar-refractivity contribution in [3.63, 3.8) is 0 Å². The summed E-state index contributed by atoms with van der Waals surface area (Å²) in [5.74, 6) is 1.60.